The maximum atomic E-state index is 6.15. The number of benzene rings is 2. The van der Waals surface area contributed by atoms with Crippen molar-refractivity contribution >= 4 is 34.5 Å². The van der Waals surface area contributed by atoms with Crippen LogP contribution in [0, 0.1) is 0 Å². The first-order valence-electron chi connectivity index (χ1n) is 11.9. The second-order valence-corrected chi connectivity index (χ2v) is 10.5. The van der Waals surface area contributed by atoms with Crippen LogP contribution in [-0.4, -0.2) is 49.5 Å². The fourth-order valence-corrected chi connectivity index (χ4v) is 5.85. The van der Waals surface area contributed by atoms with E-state index in [1.54, 1.807) is 44.8 Å². The van der Waals surface area contributed by atoms with Crippen molar-refractivity contribution in [1.82, 2.24) is 15.0 Å². The van der Waals surface area contributed by atoms with E-state index in [1.165, 1.54) is 0 Å². The molecular formula is C27H27Cl2N3O4S. The first-order chi connectivity index (χ1) is 18.0. The number of aromatic nitrogens is 2. The first-order valence-corrected chi connectivity index (χ1v) is 13.5. The zero-order valence-electron chi connectivity index (χ0n) is 20.8. The highest BCUT2D eigenvalue weighted by molar-refractivity contribution is 7.10. The van der Waals surface area contributed by atoms with E-state index in [0.29, 0.717) is 38.9 Å². The quantitative estimate of drug-likeness (QED) is 0.226. The van der Waals surface area contributed by atoms with E-state index < -0.39 is 0 Å². The molecule has 0 atom stereocenters. The zero-order valence-corrected chi connectivity index (χ0v) is 23.1. The molecule has 0 radical (unpaired) electrons. The van der Waals surface area contributed by atoms with Gasteiger partial charge in [-0.2, -0.15) is 0 Å². The molecule has 1 aliphatic rings. The Morgan fingerprint density at radius 2 is 1.65 bits per heavy atom. The normalized spacial score (nSPS) is 14.6. The second kappa shape index (κ2) is 11.3. The molecule has 1 saturated heterocycles. The lowest BCUT2D eigenvalue weighted by Crippen LogP contribution is -2.32. The molecule has 4 aromatic rings. The van der Waals surface area contributed by atoms with Gasteiger partial charge in [-0.05, 0) is 44.1 Å². The molecule has 0 amide bonds. The molecule has 194 valence electrons. The molecule has 0 bridgehead atoms. The number of likely N-dealkylation sites (tertiary alicyclic amines) is 1. The third kappa shape index (κ3) is 5.57. The molecule has 2 aromatic heterocycles. The summed E-state index contributed by atoms with van der Waals surface area (Å²) in [5, 5.41) is 8.35. The fourth-order valence-electron chi connectivity index (χ4n) is 4.57. The maximum absolute atomic E-state index is 6.15. The van der Waals surface area contributed by atoms with Gasteiger partial charge in [-0.1, -0.05) is 34.4 Å². The molecule has 2 aromatic carbocycles. The average molecular weight is 561 g/mol. The zero-order chi connectivity index (χ0) is 25.9. The summed E-state index contributed by atoms with van der Waals surface area (Å²) in [5.74, 6) is 3.23. The van der Waals surface area contributed by atoms with Crippen LogP contribution in [-0.2, 0) is 6.54 Å². The van der Waals surface area contributed by atoms with Crippen molar-refractivity contribution in [2.24, 2.45) is 0 Å². The lowest BCUT2D eigenvalue weighted by atomic mass is 9.97. The summed E-state index contributed by atoms with van der Waals surface area (Å²) in [4.78, 5) is 7.33. The lowest BCUT2D eigenvalue weighted by Gasteiger charge is -2.31. The number of hydrogen-bond acceptors (Lipinski definition) is 8. The van der Waals surface area contributed by atoms with Gasteiger partial charge in [-0.25, -0.2) is 4.98 Å². The summed E-state index contributed by atoms with van der Waals surface area (Å²) in [7, 11) is 4.96. The molecule has 0 saturated carbocycles. The standard InChI is InChI=1S/C27H27Cl2N3O4S/c1-33-23-13-26(35-3)25(34-2)11-18(23)14-32-8-6-16(7-9-32)27-30-22(15-37-27)24-12-21(31-36-24)17-4-5-19(28)20(29)10-17/h4-5,10-13,15-16H,6-9,14H2,1-3H3. The SMILES string of the molecule is COc1cc(OC)c(OC)cc1CN1CCC(c2nc(-c3cc(-c4ccc(Cl)c(Cl)c4)no3)cs2)CC1. The molecule has 7 nitrogen and oxygen atoms in total. The van der Waals surface area contributed by atoms with Gasteiger partial charge in [0.15, 0.2) is 17.3 Å². The number of ether oxygens (including phenoxy) is 3. The number of nitrogens with zero attached hydrogens (tertiary/aromatic N) is 3. The Bertz CT molecular complexity index is 1380. The summed E-state index contributed by atoms with van der Waals surface area (Å²) in [5.41, 5.74) is 3.43. The third-order valence-electron chi connectivity index (χ3n) is 6.62. The van der Waals surface area contributed by atoms with Gasteiger partial charge in [0, 0.05) is 41.1 Å². The number of rotatable bonds is 8. The number of hydrogen-bond donors (Lipinski definition) is 0. The van der Waals surface area contributed by atoms with E-state index in [-0.39, 0.29) is 0 Å². The highest BCUT2D eigenvalue weighted by atomic mass is 35.5. The van der Waals surface area contributed by atoms with Crippen molar-refractivity contribution in [3.63, 3.8) is 0 Å². The second-order valence-electron chi connectivity index (χ2n) is 8.85. The van der Waals surface area contributed by atoms with Crippen LogP contribution < -0.4 is 14.2 Å². The Morgan fingerprint density at radius 1 is 0.919 bits per heavy atom. The minimum Gasteiger partial charge on any atom is -0.496 e. The Balaban J connectivity index is 1.23. The molecule has 1 fully saturated rings. The highest BCUT2D eigenvalue weighted by Crippen LogP contribution is 2.38. The van der Waals surface area contributed by atoms with Crippen molar-refractivity contribution in [1.29, 1.82) is 0 Å². The van der Waals surface area contributed by atoms with Crippen LogP contribution in [0.5, 0.6) is 17.2 Å². The number of piperidine rings is 1. The summed E-state index contributed by atoms with van der Waals surface area (Å²) >= 11 is 13.9. The van der Waals surface area contributed by atoms with E-state index in [9.17, 15) is 0 Å². The van der Waals surface area contributed by atoms with Gasteiger partial charge >= 0.3 is 0 Å². The lowest BCUT2D eigenvalue weighted by molar-refractivity contribution is 0.202. The molecule has 5 rings (SSSR count). The predicted octanol–water partition coefficient (Wildman–Crippen LogP) is 7.18. The molecule has 0 unspecified atom stereocenters. The summed E-state index contributed by atoms with van der Waals surface area (Å²) in [6, 6.07) is 11.2. The Hall–Kier alpha value is -2.78. The minimum absolute atomic E-state index is 0.416. The van der Waals surface area contributed by atoms with Crippen molar-refractivity contribution in [2.45, 2.75) is 25.3 Å². The molecular weight excluding hydrogens is 533 g/mol. The molecule has 3 heterocycles. The van der Waals surface area contributed by atoms with Crippen LogP contribution in [0.25, 0.3) is 22.7 Å². The van der Waals surface area contributed by atoms with Crippen molar-refractivity contribution in [3.05, 3.63) is 62.4 Å². The van der Waals surface area contributed by atoms with Crippen molar-refractivity contribution in [2.75, 3.05) is 34.4 Å². The Morgan fingerprint density at radius 3 is 2.35 bits per heavy atom. The van der Waals surface area contributed by atoms with E-state index in [4.69, 9.17) is 46.9 Å². The summed E-state index contributed by atoms with van der Waals surface area (Å²) in [6.07, 6.45) is 2.07. The third-order valence-corrected chi connectivity index (χ3v) is 8.36. The smallest absolute Gasteiger partial charge is 0.186 e. The molecule has 0 aliphatic carbocycles. The Kier molecular flexibility index (Phi) is 7.90. The number of thiazole rings is 1. The highest BCUT2D eigenvalue weighted by Gasteiger charge is 2.25. The van der Waals surface area contributed by atoms with E-state index in [2.05, 4.69) is 10.1 Å². The van der Waals surface area contributed by atoms with Gasteiger partial charge in [-0.3, -0.25) is 4.90 Å². The van der Waals surface area contributed by atoms with Crippen LogP contribution in [0.2, 0.25) is 10.0 Å². The van der Waals surface area contributed by atoms with E-state index in [1.807, 2.05) is 29.6 Å². The summed E-state index contributed by atoms with van der Waals surface area (Å²) < 4.78 is 22.1. The number of halogens is 2. The van der Waals surface area contributed by atoms with Crippen LogP contribution in [0.1, 0.15) is 29.3 Å². The van der Waals surface area contributed by atoms with Crippen molar-refractivity contribution < 1.29 is 18.7 Å². The van der Waals surface area contributed by atoms with Crippen LogP contribution in [0.3, 0.4) is 0 Å². The largest absolute Gasteiger partial charge is 0.496 e. The van der Waals surface area contributed by atoms with Gasteiger partial charge in [0.1, 0.15) is 17.1 Å². The van der Waals surface area contributed by atoms with Crippen LogP contribution in [0.15, 0.2) is 46.3 Å². The van der Waals surface area contributed by atoms with E-state index >= 15 is 0 Å². The molecule has 1 aliphatic heterocycles. The van der Waals surface area contributed by atoms with E-state index in [0.717, 1.165) is 60.1 Å². The van der Waals surface area contributed by atoms with Gasteiger partial charge in [0.2, 0.25) is 0 Å². The first kappa shape index (κ1) is 25.9. The topological polar surface area (TPSA) is 69.8 Å². The van der Waals surface area contributed by atoms with Gasteiger partial charge in [0.25, 0.3) is 0 Å². The number of methoxy groups -OCH3 is 3. The van der Waals surface area contributed by atoms with Crippen LogP contribution >= 0.6 is 34.5 Å². The maximum Gasteiger partial charge on any atom is 0.186 e. The molecule has 0 spiro atoms. The minimum atomic E-state index is 0.416. The fraction of sp³-hybridized carbons (Fsp3) is 0.333. The van der Waals surface area contributed by atoms with Crippen LogP contribution in [0.4, 0.5) is 0 Å². The molecule has 0 N–H and O–H groups in total. The average Bonchev–Trinajstić information content (AvgIpc) is 3.61. The van der Waals surface area contributed by atoms with Gasteiger partial charge in [-0.15, -0.1) is 11.3 Å². The van der Waals surface area contributed by atoms with Gasteiger partial charge < -0.3 is 18.7 Å². The summed E-state index contributed by atoms with van der Waals surface area (Å²) in [6.45, 7) is 2.73. The van der Waals surface area contributed by atoms with Gasteiger partial charge in [0.05, 0.1) is 36.4 Å². The Labute approximate surface area is 229 Å². The van der Waals surface area contributed by atoms with Crippen molar-refractivity contribution in [3.8, 4) is 40.0 Å². The predicted molar refractivity (Wildman–Crippen MR) is 146 cm³/mol. The molecule has 10 heteroatoms. The monoisotopic (exact) mass is 559 g/mol. The molecule has 37 heavy (non-hydrogen) atoms.